The Morgan fingerprint density at radius 3 is 2.57 bits per heavy atom. The molecule has 4 nitrogen and oxygen atoms in total. The third kappa shape index (κ3) is 2.76. The number of fused-ring (bicyclic) bond motifs is 1. The minimum atomic E-state index is -0.966. The number of oxazole rings is 1. The molecule has 0 radical (unpaired) electrons. The Balaban J connectivity index is 2.05. The van der Waals surface area contributed by atoms with Crippen LogP contribution in [0, 0.1) is 5.82 Å². The number of para-hydroxylation sites is 2. The van der Waals surface area contributed by atoms with Crippen LogP contribution in [0.2, 0.25) is 0 Å². The fraction of sp³-hybridized carbons (Fsp3) is 0.125. The van der Waals surface area contributed by atoms with Gasteiger partial charge in [-0.1, -0.05) is 24.3 Å². The van der Waals surface area contributed by atoms with E-state index in [1.807, 2.05) is 12.1 Å². The van der Waals surface area contributed by atoms with Crippen molar-refractivity contribution in [3.63, 3.8) is 0 Å². The van der Waals surface area contributed by atoms with Crippen molar-refractivity contribution in [3.8, 4) is 0 Å². The number of nitrogens with zero attached hydrogens (tertiary/aromatic N) is 1. The first-order valence-corrected chi connectivity index (χ1v) is 6.46. The largest absolute Gasteiger partial charge is 0.481 e. The highest BCUT2D eigenvalue weighted by Gasteiger charge is 2.23. The van der Waals surface area contributed by atoms with E-state index in [-0.39, 0.29) is 12.2 Å². The summed E-state index contributed by atoms with van der Waals surface area (Å²) in [5.41, 5.74) is 1.93. The number of benzene rings is 2. The van der Waals surface area contributed by atoms with Crippen LogP contribution in [0.25, 0.3) is 11.1 Å². The molecule has 0 fully saturated rings. The number of hydrogen-bond acceptors (Lipinski definition) is 3. The summed E-state index contributed by atoms with van der Waals surface area (Å²) in [6.07, 6.45) is -0.168. The molecule has 1 heterocycles. The second-order valence-electron chi connectivity index (χ2n) is 4.72. The maximum Gasteiger partial charge on any atom is 0.304 e. The maximum absolute atomic E-state index is 13.0. The highest BCUT2D eigenvalue weighted by Crippen LogP contribution is 2.30. The molecule has 21 heavy (non-hydrogen) atoms. The summed E-state index contributed by atoms with van der Waals surface area (Å²) in [7, 11) is 0. The van der Waals surface area contributed by atoms with Gasteiger partial charge in [-0.15, -0.1) is 0 Å². The minimum absolute atomic E-state index is 0.168. The summed E-state index contributed by atoms with van der Waals surface area (Å²) in [5, 5.41) is 9.09. The van der Waals surface area contributed by atoms with Gasteiger partial charge in [-0.05, 0) is 29.8 Å². The average molecular weight is 285 g/mol. The average Bonchev–Trinajstić information content (AvgIpc) is 2.89. The number of carbonyl (C=O) groups is 1. The van der Waals surface area contributed by atoms with Crippen molar-refractivity contribution in [3.05, 3.63) is 65.8 Å². The standard InChI is InChI=1S/C16H12FNO3/c17-11-7-5-10(6-8-11)12(9-15(19)20)16-18-13-3-1-2-4-14(13)21-16/h1-8,12H,9H2,(H,19,20). The molecule has 3 aromatic rings. The van der Waals surface area contributed by atoms with E-state index in [0.717, 1.165) is 0 Å². The summed E-state index contributed by atoms with van der Waals surface area (Å²) >= 11 is 0. The van der Waals surface area contributed by atoms with E-state index in [0.29, 0.717) is 22.6 Å². The second kappa shape index (κ2) is 5.36. The van der Waals surface area contributed by atoms with Gasteiger partial charge in [0.25, 0.3) is 0 Å². The predicted molar refractivity (Wildman–Crippen MR) is 74.5 cm³/mol. The molecule has 0 amide bonds. The quantitative estimate of drug-likeness (QED) is 0.796. The maximum atomic E-state index is 13.0. The smallest absolute Gasteiger partial charge is 0.304 e. The Morgan fingerprint density at radius 1 is 1.19 bits per heavy atom. The number of hydrogen-bond donors (Lipinski definition) is 1. The molecule has 1 N–H and O–H groups in total. The van der Waals surface area contributed by atoms with E-state index in [9.17, 15) is 9.18 Å². The summed E-state index contributed by atoms with van der Waals surface area (Å²) < 4.78 is 18.7. The van der Waals surface area contributed by atoms with E-state index >= 15 is 0 Å². The van der Waals surface area contributed by atoms with E-state index in [4.69, 9.17) is 9.52 Å². The number of halogens is 1. The molecular formula is C16H12FNO3. The van der Waals surface area contributed by atoms with Crippen LogP contribution in [0.3, 0.4) is 0 Å². The van der Waals surface area contributed by atoms with E-state index in [1.165, 1.54) is 12.1 Å². The third-order valence-corrected chi connectivity index (χ3v) is 3.26. The molecule has 3 rings (SSSR count). The molecule has 1 unspecified atom stereocenters. The SMILES string of the molecule is O=C(O)CC(c1ccc(F)cc1)c1nc2ccccc2o1. The predicted octanol–water partition coefficient (Wildman–Crippen LogP) is 3.57. The molecular weight excluding hydrogens is 273 g/mol. The lowest BCUT2D eigenvalue weighted by Crippen LogP contribution is -2.08. The van der Waals surface area contributed by atoms with Crippen molar-refractivity contribution in [2.45, 2.75) is 12.3 Å². The zero-order valence-corrected chi connectivity index (χ0v) is 11.0. The molecule has 0 saturated carbocycles. The Labute approximate surface area is 119 Å². The van der Waals surface area contributed by atoms with E-state index < -0.39 is 11.9 Å². The van der Waals surface area contributed by atoms with Crippen LogP contribution >= 0.6 is 0 Å². The third-order valence-electron chi connectivity index (χ3n) is 3.26. The number of aromatic nitrogens is 1. The lowest BCUT2D eigenvalue weighted by molar-refractivity contribution is -0.137. The van der Waals surface area contributed by atoms with Gasteiger partial charge in [0.15, 0.2) is 5.58 Å². The highest BCUT2D eigenvalue weighted by molar-refractivity contribution is 5.73. The monoisotopic (exact) mass is 285 g/mol. The minimum Gasteiger partial charge on any atom is -0.481 e. The molecule has 0 saturated heterocycles. The zero-order chi connectivity index (χ0) is 14.8. The summed E-state index contributed by atoms with van der Waals surface area (Å²) in [5.74, 6) is -1.56. The first-order valence-electron chi connectivity index (χ1n) is 6.46. The van der Waals surface area contributed by atoms with Crippen LogP contribution in [0.15, 0.2) is 52.9 Å². The second-order valence-corrected chi connectivity index (χ2v) is 4.72. The van der Waals surface area contributed by atoms with Gasteiger partial charge in [-0.3, -0.25) is 4.79 Å². The van der Waals surface area contributed by atoms with Crippen LogP contribution in [-0.2, 0) is 4.79 Å². The molecule has 0 aliphatic heterocycles. The Hall–Kier alpha value is -2.69. The fourth-order valence-electron chi connectivity index (χ4n) is 2.26. The topological polar surface area (TPSA) is 63.3 Å². The molecule has 0 bridgehead atoms. The lowest BCUT2D eigenvalue weighted by Gasteiger charge is -2.11. The molecule has 1 aromatic heterocycles. The first kappa shape index (κ1) is 13.3. The van der Waals surface area contributed by atoms with Gasteiger partial charge >= 0.3 is 5.97 Å². The van der Waals surface area contributed by atoms with E-state index in [2.05, 4.69) is 4.98 Å². The summed E-state index contributed by atoms with van der Waals surface area (Å²) in [6.45, 7) is 0. The van der Waals surface area contributed by atoms with Gasteiger partial charge < -0.3 is 9.52 Å². The normalized spacial score (nSPS) is 12.4. The van der Waals surface area contributed by atoms with E-state index in [1.54, 1.807) is 24.3 Å². The summed E-state index contributed by atoms with van der Waals surface area (Å²) in [6, 6.07) is 12.9. The van der Waals surface area contributed by atoms with Crippen LogP contribution in [-0.4, -0.2) is 16.1 Å². The highest BCUT2D eigenvalue weighted by atomic mass is 19.1. The summed E-state index contributed by atoms with van der Waals surface area (Å²) in [4.78, 5) is 15.4. The van der Waals surface area contributed by atoms with Gasteiger partial charge in [0.05, 0.1) is 12.3 Å². The Bertz CT molecular complexity index is 747. The van der Waals surface area contributed by atoms with Crippen molar-refractivity contribution in [2.75, 3.05) is 0 Å². The molecule has 0 aliphatic rings. The molecule has 0 aliphatic carbocycles. The van der Waals surface area contributed by atoms with Crippen molar-refractivity contribution in [1.29, 1.82) is 0 Å². The number of rotatable bonds is 4. The van der Waals surface area contributed by atoms with Gasteiger partial charge in [-0.25, -0.2) is 9.37 Å². The van der Waals surface area contributed by atoms with Gasteiger partial charge in [0, 0.05) is 0 Å². The molecule has 1 atom stereocenters. The van der Waals surface area contributed by atoms with Crippen LogP contribution in [0.4, 0.5) is 4.39 Å². The van der Waals surface area contributed by atoms with Crippen molar-refractivity contribution in [2.24, 2.45) is 0 Å². The van der Waals surface area contributed by atoms with Crippen molar-refractivity contribution < 1.29 is 18.7 Å². The Morgan fingerprint density at radius 2 is 1.90 bits per heavy atom. The van der Waals surface area contributed by atoms with Gasteiger partial charge in [0.1, 0.15) is 11.3 Å². The lowest BCUT2D eigenvalue weighted by atomic mass is 9.95. The number of carboxylic acids is 1. The van der Waals surface area contributed by atoms with Crippen LogP contribution in [0.1, 0.15) is 23.8 Å². The number of carboxylic acid groups (broad SMARTS) is 1. The van der Waals surface area contributed by atoms with Crippen LogP contribution in [0.5, 0.6) is 0 Å². The van der Waals surface area contributed by atoms with Gasteiger partial charge in [-0.2, -0.15) is 0 Å². The fourth-order valence-corrected chi connectivity index (χ4v) is 2.26. The molecule has 2 aromatic carbocycles. The van der Waals surface area contributed by atoms with Crippen LogP contribution < -0.4 is 0 Å². The van der Waals surface area contributed by atoms with Crippen molar-refractivity contribution >= 4 is 17.1 Å². The van der Waals surface area contributed by atoms with Crippen molar-refractivity contribution in [1.82, 2.24) is 4.98 Å². The van der Waals surface area contributed by atoms with Gasteiger partial charge in [0.2, 0.25) is 5.89 Å². The Kier molecular flexibility index (Phi) is 3.39. The molecule has 5 heteroatoms. The zero-order valence-electron chi connectivity index (χ0n) is 11.0. The molecule has 106 valence electrons. The first-order chi connectivity index (χ1) is 10.1. The molecule has 0 spiro atoms. The number of aliphatic carboxylic acids is 1.